The fourth-order valence-corrected chi connectivity index (χ4v) is 5.37. The van der Waals surface area contributed by atoms with Crippen molar-refractivity contribution >= 4 is 55.8 Å². The number of hydrogen-bond acceptors (Lipinski definition) is 1. The number of aromatic nitrogens is 1. The number of fused-ring (bicyclic) bond motifs is 7. The van der Waals surface area contributed by atoms with Gasteiger partial charge in [-0.1, -0.05) is 86.7 Å². The third-order valence-electron chi connectivity index (χ3n) is 6.71. The zero-order chi connectivity index (χ0) is 21.8. The van der Waals surface area contributed by atoms with Gasteiger partial charge in [0.25, 0.3) is 0 Å². The van der Waals surface area contributed by atoms with Crippen LogP contribution in [0.25, 0.3) is 61.2 Å². The van der Waals surface area contributed by atoms with Crippen molar-refractivity contribution in [2.75, 3.05) is 5.73 Å². The third kappa shape index (κ3) is 2.47. The minimum Gasteiger partial charge on any atom is -0.398 e. The smallest absolute Gasteiger partial charge is 0.0620 e. The Hall–Kier alpha value is -3.78. The molecule has 2 heterocycles. The van der Waals surface area contributed by atoms with Crippen molar-refractivity contribution in [3.8, 4) is 11.1 Å². The van der Waals surface area contributed by atoms with Crippen LogP contribution in [0.4, 0.5) is 5.69 Å². The standard InChI is InChI=1S/C28H20N2.C2H6/c29-27-19(17-7-2-1-3-8-17)14-13-18-15-26-24(16-23(18)27)22-11-6-10-21-20-9-4-5-12-25(20)30(26)28(21)22;1-2/h1-3,6-16H,4-5,29H2;1-2H3. The molecule has 0 aliphatic heterocycles. The summed E-state index contributed by atoms with van der Waals surface area (Å²) in [7, 11) is 0. The average molecular weight is 415 g/mol. The average Bonchev–Trinajstić information content (AvgIpc) is 3.37. The van der Waals surface area contributed by atoms with Crippen molar-refractivity contribution < 1.29 is 0 Å². The van der Waals surface area contributed by atoms with Gasteiger partial charge in [-0.15, -0.1) is 0 Å². The van der Waals surface area contributed by atoms with Crippen LogP contribution in [0.15, 0.2) is 72.8 Å². The second-order valence-corrected chi connectivity index (χ2v) is 8.30. The van der Waals surface area contributed by atoms with Gasteiger partial charge in [-0.25, -0.2) is 0 Å². The van der Waals surface area contributed by atoms with Gasteiger partial charge in [0.05, 0.1) is 11.0 Å². The lowest BCUT2D eigenvalue weighted by molar-refractivity contribution is 1.08. The molecule has 0 saturated carbocycles. The molecule has 6 aromatic rings. The molecule has 2 aromatic heterocycles. The van der Waals surface area contributed by atoms with E-state index in [0.717, 1.165) is 35.0 Å². The van der Waals surface area contributed by atoms with Crippen LogP contribution in [0.1, 0.15) is 26.7 Å². The first kappa shape index (κ1) is 18.9. The van der Waals surface area contributed by atoms with E-state index in [2.05, 4.69) is 83.3 Å². The van der Waals surface area contributed by atoms with E-state index in [4.69, 9.17) is 5.73 Å². The van der Waals surface area contributed by atoms with Crippen molar-refractivity contribution in [2.45, 2.75) is 26.7 Å². The van der Waals surface area contributed by atoms with Crippen LogP contribution in [0, 0.1) is 0 Å². The van der Waals surface area contributed by atoms with Gasteiger partial charge in [0, 0.05) is 43.4 Å². The minimum absolute atomic E-state index is 0.854. The van der Waals surface area contributed by atoms with Crippen molar-refractivity contribution in [3.63, 3.8) is 0 Å². The van der Waals surface area contributed by atoms with Gasteiger partial charge in [-0.2, -0.15) is 0 Å². The largest absolute Gasteiger partial charge is 0.398 e. The Morgan fingerprint density at radius 3 is 2.34 bits per heavy atom. The number of anilines is 1. The molecular weight excluding hydrogens is 388 g/mol. The quantitative estimate of drug-likeness (QED) is 0.307. The van der Waals surface area contributed by atoms with E-state index >= 15 is 0 Å². The van der Waals surface area contributed by atoms with Crippen LogP contribution in [0.3, 0.4) is 0 Å². The van der Waals surface area contributed by atoms with E-state index in [0.29, 0.717) is 0 Å². The number of nitrogen functional groups attached to an aromatic ring is 1. The molecule has 7 rings (SSSR count). The molecule has 156 valence electrons. The molecule has 2 N–H and O–H groups in total. The molecule has 32 heavy (non-hydrogen) atoms. The lowest BCUT2D eigenvalue weighted by Crippen LogP contribution is -2.27. The van der Waals surface area contributed by atoms with Crippen molar-refractivity contribution in [1.29, 1.82) is 0 Å². The number of benzene rings is 4. The molecule has 2 nitrogen and oxygen atoms in total. The van der Waals surface area contributed by atoms with Crippen LogP contribution >= 0.6 is 0 Å². The summed E-state index contributed by atoms with van der Waals surface area (Å²) in [5.41, 5.74) is 12.4. The van der Waals surface area contributed by atoms with E-state index < -0.39 is 0 Å². The van der Waals surface area contributed by atoms with Crippen LogP contribution in [0.5, 0.6) is 0 Å². The predicted octanol–water partition coefficient (Wildman–Crippen LogP) is 6.47. The molecule has 0 radical (unpaired) electrons. The second kappa shape index (κ2) is 7.13. The lowest BCUT2D eigenvalue weighted by atomic mass is 9.97. The first-order valence-corrected chi connectivity index (χ1v) is 11.6. The molecule has 0 bridgehead atoms. The topological polar surface area (TPSA) is 30.4 Å². The summed E-state index contributed by atoms with van der Waals surface area (Å²) in [5.74, 6) is 0. The summed E-state index contributed by atoms with van der Waals surface area (Å²) in [6, 6.07) is 26.1. The molecule has 0 unspecified atom stereocenters. The molecule has 0 atom stereocenters. The highest BCUT2D eigenvalue weighted by molar-refractivity contribution is 6.19. The summed E-state index contributed by atoms with van der Waals surface area (Å²) in [4.78, 5) is 0. The number of rotatable bonds is 1. The summed E-state index contributed by atoms with van der Waals surface area (Å²) >= 11 is 0. The number of nitrogens with two attached hydrogens (primary N) is 1. The molecule has 0 spiro atoms. The Morgan fingerprint density at radius 2 is 1.50 bits per heavy atom. The Bertz CT molecular complexity index is 1740. The molecule has 0 fully saturated rings. The van der Waals surface area contributed by atoms with Gasteiger partial charge < -0.3 is 10.1 Å². The van der Waals surface area contributed by atoms with Crippen molar-refractivity contribution in [3.05, 3.63) is 83.4 Å². The maximum atomic E-state index is 6.72. The predicted molar refractivity (Wildman–Crippen MR) is 140 cm³/mol. The summed E-state index contributed by atoms with van der Waals surface area (Å²) < 4.78 is 2.46. The molecule has 1 aliphatic rings. The normalized spacial score (nSPS) is 13.1. The minimum atomic E-state index is 0.854. The highest BCUT2D eigenvalue weighted by Crippen LogP contribution is 2.38. The first-order chi connectivity index (χ1) is 15.8. The maximum Gasteiger partial charge on any atom is 0.0620 e. The zero-order valence-electron chi connectivity index (χ0n) is 18.5. The third-order valence-corrected chi connectivity index (χ3v) is 6.71. The number of para-hydroxylation sites is 1. The van der Waals surface area contributed by atoms with Gasteiger partial charge in [0.1, 0.15) is 0 Å². The second-order valence-electron chi connectivity index (χ2n) is 8.30. The maximum absolute atomic E-state index is 6.72. The Kier molecular flexibility index (Phi) is 4.22. The van der Waals surface area contributed by atoms with Gasteiger partial charge in [-0.3, -0.25) is 0 Å². The van der Waals surface area contributed by atoms with E-state index in [1.165, 1.54) is 43.1 Å². The molecule has 2 heteroatoms. The van der Waals surface area contributed by atoms with Gasteiger partial charge in [-0.05, 0) is 35.9 Å². The highest BCUT2D eigenvalue weighted by atomic mass is 14.9. The van der Waals surface area contributed by atoms with E-state index in [1.807, 2.05) is 19.9 Å². The summed E-state index contributed by atoms with van der Waals surface area (Å²) in [6.45, 7) is 4.00. The molecule has 0 amide bonds. The number of hydrogen-bond donors (Lipinski definition) is 1. The zero-order valence-corrected chi connectivity index (χ0v) is 18.5. The van der Waals surface area contributed by atoms with Crippen LogP contribution in [-0.4, -0.2) is 4.40 Å². The number of nitrogens with zero attached hydrogens (tertiary/aromatic N) is 1. The fraction of sp³-hybridized carbons (Fsp3) is 0.133. The SMILES string of the molecule is CC.Nc1c(-c2ccccc2)ccc2cc3c(cc12)c1cccc2c4c(n3c21)=CCCC=4. The molecule has 0 saturated heterocycles. The Morgan fingerprint density at radius 1 is 0.719 bits per heavy atom. The van der Waals surface area contributed by atoms with Crippen LogP contribution in [0.2, 0.25) is 0 Å². The van der Waals surface area contributed by atoms with E-state index in [9.17, 15) is 0 Å². The van der Waals surface area contributed by atoms with Crippen molar-refractivity contribution in [1.82, 2.24) is 4.40 Å². The molecule has 4 aromatic carbocycles. The van der Waals surface area contributed by atoms with Gasteiger partial charge in [0.2, 0.25) is 0 Å². The lowest BCUT2D eigenvalue weighted by Gasteiger charge is -2.10. The van der Waals surface area contributed by atoms with Gasteiger partial charge >= 0.3 is 0 Å². The summed E-state index contributed by atoms with van der Waals surface area (Å²) in [6.07, 6.45) is 7.02. The van der Waals surface area contributed by atoms with E-state index in [-0.39, 0.29) is 0 Å². The Labute approximate surface area is 187 Å². The Balaban J connectivity index is 0.000000953. The molecular formula is C30H26N2. The first-order valence-electron chi connectivity index (χ1n) is 11.6. The fourth-order valence-electron chi connectivity index (χ4n) is 5.37. The highest BCUT2D eigenvalue weighted by Gasteiger charge is 2.17. The summed E-state index contributed by atoms with van der Waals surface area (Å²) in [5, 5.41) is 9.00. The van der Waals surface area contributed by atoms with Crippen LogP contribution < -0.4 is 16.3 Å². The monoisotopic (exact) mass is 414 g/mol. The van der Waals surface area contributed by atoms with Crippen molar-refractivity contribution in [2.24, 2.45) is 0 Å². The molecule has 1 aliphatic carbocycles. The van der Waals surface area contributed by atoms with E-state index in [1.54, 1.807) is 0 Å². The van der Waals surface area contributed by atoms with Crippen LogP contribution in [-0.2, 0) is 0 Å². The van der Waals surface area contributed by atoms with Gasteiger partial charge in [0.15, 0.2) is 0 Å².